The lowest BCUT2D eigenvalue weighted by Gasteiger charge is -2.36. The standard InChI is InChI=1S/C14H21N3O4/c1-10-9-21-11(2)8-16(10)14(19)12-4-5-13(18)17(15-12)6-7-20-3/h4-5,10-11H,6-9H2,1-3H3/t10-,11-/m1/s1. The highest BCUT2D eigenvalue weighted by Crippen LogP contribution is 2.14. The minimum atomic E-state index is -0.244. The van der Waals surface area contributed by atoms with Crippen molar-refractivity contribution in [1.82, 2.24) is 14.7 Å². The van der Waals surface area contributed by atoms with E-state index in [2.05, 4.69) is 5.10 Å². The van der Waals surface area contributed by atoms with Crippen molar-refractivity contribution in [2.45, 2.75) is 32.5 Å². The molecule has 1 amide bonds. The lowest BCUT2D eigenvalue weighted by atomic mass is 10.2. The fourth-order valence-electron chi connectivity index (χ4n) is 2.23. The quantitative estimate of drug-likeness (QED) is 0.790. The monoisotopic (exact) mass is 295 g/mol. The molecule has 7 nitrogen and oxygen atoms in total. The van der Waals surface area contributed by atoms with Crippen molar-refractivity contribution in [2.75, 3.05) is 26.9 Å². The Morgan fingerprint density at radius 3 is 2.95 bits per heavy atom. The molecule has 0 unspecified atom stereocenters. The van der Waals surface area contributed by atoms with Crippen LogP contribution in [0.2, 0.25) is 0 Å². The number of rotatable bonds is 4. The number of methoxy groups -OCH3 is 1. The van der Waals surface area contributed by atoms with Crippen LogP contribution >= 0.6 is 0 Å². The SMILES string of the molecule is COCCn1nc(C(=O)N2C[C@@H](C)OC[C@H]2C)ccc1=O. The molecule has 1 fully saturated rings. The molecule has 1 aliphatic heterocycles. The highest BCUT2D eigenvalue weighted by molar-refractivity contribution is 5.92. The second-order valence-corrected chi connectivity index (χ2v) is 5.22. The maximum Gasteiger partial charge on any atom is 0.274 e. The Bertz CT molecular complexity index is 557. The van der Waals surface area contributed by atoms with Crippen molar-refractivity contribution >= 4 is 5.91 Å². The topological polar surface area (TPSA) is 73.7 Å². The summed E-state index contributed by atoms with van der Waals surface area (Å²) in [7, 11) is 1.55. The van der Waals surface area contributed by atoms with Gasteiger partial charge in [0.05, 0.1) is 31.9 Å². The van der Waals surface area contributed by atoms with Crippen LogP contribution in [-0.2, 0) is 16.0 Å². The molecule has 1 aromatic rings. The number of aromatic nitrogens is 2. The van der Waals surface area contributed by atoms with E-state index in [1.54, 1.807) is 12.0 Å². The maximum atomic E-state index is 12.6. The Balaban J connectivity index is 2.20. The molecule has 1 saturated heterocycles. The minimum absolute atomic E-state index is 0.00421. The van der Waals surface area contributed by atoms with Crippen molar-refractivity contribution in [1.29, 1.82) is 0 Å². The lowest BCUT2D eigenvalue weighted by molar-refractivity contribution is -0.0389. The molecule has 0 aliphatic carbocycles. The first-order valence-electron chi connectivity index (χ1n) is 7.02. The Hall–Kier alpha value is -1.73. The molecule has 0 N–H and O–H groups in total. The summed E-state index contributed by atoms with van der Waals surface area (Å²) < 4.78 is 11.7. The van der Waals surface area contributed by atoms with Crippen molar-refractivity contribution in [3.63, 3.8) is 0 Å². The Kier molecular flexibility index (Phi) is 5.08. The molecule has 0 radical (unpaired) electrons. The molecule has 2 atom stereocenters. The molecule has 0 spiro atoms. The van der Waals surface area contributed by atoms with E-state index in [4.69, 9.17) is 9.47 Å². The van der Waals surface area contributed by atoms with E-state index in [-0.39, 0.29) is 29.3 Å². The molecular formula is C14H21N3O4. The summed E-state index contributed by atoms with van der Waals surface area (Å²) in [6.45, 7) is 5.60. The second kappa shape index (κ2) is 6.82. The number of hydrogen-bond acceptors (Lipinski definition) is 5. The normalized spacial score (nSPS) is 22.3. The average molecular weight is 295 g/mol. The van der Waals surface area contributed by atoms with Crippen LogP contribution < -0.4 is 5.56 Å². The van der Waals surface area contributed by atoms with Crippen molar-refractivity contribution in [2.24, 2.45) is 0 Å². The van der Waals surface area contributed by atoms with Gasteiger partial charge in [-0.25, -0.2) is 4.68 Å². The largest absolute Gasteiger partial charge is 0.383 e. The first-order chi connectivity index (χ1) is 10.0. The number of carbonyl (C=O) groups is 1. The lowest BCUT2D eigenvalue weighted by Crippen LogP contribution is -2.50. The zero-order valence-corrected chi connectivity index (χ0v) is 12.6. The van der Waals surface area contributed by atoms with E-state index in [1.807, 2.05) is 13.8 Å². The van der Waals surface area contributed by atoms with Crippen LogP contribution in [0.15, 0.2) is 16.9 Å². The van der Waals surface area contributed by atoms with Gasteiger partial charge in [-0.05, 0) is 19.9 Å². The molecule has 0 bridgehead atoms. The highest BCUT2D eigenvalue weighted by atomic mass is 16.5. The summed E-state index contributed by atoms with van der Waals surface area (Å²) in [6.07, 6.45) is 0.00421. The molecule has 2 heterocycles. The Morgan fingerprint density at radius 1 is 1.48 bits per heavy atom. The van der Waals surface area contributed by atoms with Crippen LogP contribution in [-0.4, -0.2) is 59.6 Å². The van der Waals surface area contributed by atoms with Gasteiger partial charge < -0.3 is 14.4 Å². The van der Waals surface area contributed by atoms with E-state index in [0.29, 0.717) is 26.3 Å². The predicted octanol–water partition coefficient (Wildman–Crippen LogP) is 0.139. The summed E-state index contributed by atoms with van der Waals surface area (Å²) in [6, 6.07) is 2.83. The third kappa shape index (κ3) is 3.68. The molecule has 0 aromatic carbocycles. The summed E-state index contributed by atoms with van der Waals surface area (Å²) in [5.41, 5.74) is 0.0265. The van der Waals surface area contributed by atoms with E-state index in [9.17, 15) is 9.59 Å². The van der Waals surface area contributed by atoms with Gasteiger partial charge in [-0.3, -0.25) is 9.59 Å². The van der Waals surface area contributed by atoms with Crippen LogP contribution in [0.3, 0.4) is 0 Å². The van der Waals surface area contributed by atoms with Gasteiger partial charge in [0.15, 0.2) is 0 Å². The van der Waals surface area contributed by atoms with Gasteiger partial charge >= 0.3 is 0 Å². The molecule has 2 rings (SSSR count). The molecule has 116 valence electrons. The molecule has 21 heavy (non-hydrogen) atoms. The number of hydrogen-bond donors (Lipinski definition) is 0. The Labute approximate surface area is 123 Å². The van der Waals surface area contributed by atoms with Crippen LogP contribution in [0.1, 0.15) is 24.3 Å². The maximum absolute atomic E-state index is 12.6. The van der Waals surface area contributed by atoms with E-state index < -0.39 is 0 Å². The van der Waals surface area contributed by atoms with E-state index in [0.717, 1.165) is 0 Å². The number of amides is 1. The Morgan fingerprint density at radius 2 is 2.24 bits per heavy atom. The summed E-state index contributed by atoms with van der Waals surface area (Å²) in [5.74, 6) is -0.177. The summed E-state index contributed by atoms with van der Waals surface area (Å²) in [4.78, 5) is 26.0. The number of ether oxygens (including phenoxy) is 2. The third-order valence-corrected chi connectivity index (χ3v) is 3.46. The van der Waals surface area contributed by atoms with Gasteiger partial charge in [0, 0.05) is 19.7 Å². The van der Waals surface area contributed by atoms with Gasteiger partial charge in [0.2, 0.25) is 0 Å². The van der Waals surface area contributed by atoms with Crippen LogP contribution in [0, 0.1) is 0 Å². The third-order valence-electron chi connectivity index (χ3n) is 3.46. The number of nitrogens with zero attached hydrogens (tertiary/aromatic N) is 3. The van der Waals surface area contributed by atoms with Gasteiger partial charge in [-0.1, -0.05) is 0 Å². The first-order valence-corrected chi connectivity index (χ1v) is 7.02. The predicted molar refractivity (Wildman–Crippen MR) is 76.3 cm³/mol. The smallest absolute Gasteiger partial charge is 0.274 e. The fraction of sp³-hybridized carbons (Fsp3) is 0.643. The zero-order valence-electron chi connectivity index (χ0n) is 12.6. The molecule has 1 aromatic heterocycles. The average Bonchev–Trinajstić information content (AvgIpc) is 2.48. The van der Waals surface area contributed by atoms with E-state index >= 15 is 0 Å². The zero-order chi connectivity index (χ0) is 15.4. The van der Waals surface area contributed by atoms with Crippen LogP contribution in [0.4, 0.5) is 0 Å². The molecule has 0 saturated carbocycles. The summed E-state index contributed by atoms with van der Waals surface area (Å²) in [5, 5.41) is 4.14. The molecule has 7 heteroatoms. The second-order valence-electron chi connectivity index (χ2n) is 5.22. The van der Waals surface area contributed by atoms with Crippen LogP contribution in [0.25, 0.3) is 0 Å². The van der Waals surface area contributed by atoms with Gasteiger partial charge in [-0.2, -0.15) is 5.10 Å². The van der Waals surface area contributed by atoms with E-state index in [1.165, 1.54) is 16.8 Å². The van der Waals surface area contributed by atoms with Crippen molar-refractivity contribution in [3.05, 3.63) is 28.2 Å². The minimum Gasteiger partial charge on any atom is -0.383 e. The van der Waals surface area contributed by atoms with Gasteiger partial charge in [-0.15, -0.1) is 0 Å². The number of carbonyl (C=O) groups excluding carboxylic acids is 1. The fourth-order valence-corrected chi connectivity index (χ4v) is 2.23. The van der Waals surface area contributed by atoms with Crippen LogP contribution in [0.5, 0.6) is 0 Å². The molecular weight excluding hydrogens is 274 g/mol. The molecule has 1 aliphatic rings. The number of morpholine rings is 1. The van der Waals surface area contributed by atoms with Crippen molar-refractivity contribution in [3.8, 4) is 0 Å². The van der Waals surface area contributed by atoms with Gasteiger partial charge in [0.25, 0.3) is 11.5 Å². The summed E-state index contributed by atoms with van der Waals surface area (Å²) >= 11 is 0. The first kappa shape index (κ1) is 15.7. The highest BCUT2D eigenvalue weighted by Gasteiger charge is 2.29. The van der Waals surface area contributed by atoms with Gasteiger partial charge in [0.1, 0.15) is 5.69 Å². The van der Waals surface area contributed by atoms with Crippen molar-refractivity contribution < 1.29 is 14.3 Å².